The Labute approximate surface area is 252 Å². The van der Waals surface area contributed by atoms with Crippen LogP contribution in [-0.4, -0.2) is 59.0 Å². The van der Waals surface area contributed by atoms with E-state index in [9.17, 15) is 14.7 Å². The highest BCUT2D eigenvalue weighted by Gasteiger charge is 2.29. The minimum absolute atomic E-state index is 0.0465. The zero-order valence-electron chi connectivity index (χ0n) is 25.3. The van der Waals surface area contributed by atoms with E-state index in [1.807, 2.05) is 86.1 Å². The lowest BCUT2D eigenvalue weighted by molar-refractivity contribution is -0.117. The minimum Gasteiger partial charge on any atom is -0.497 e. The van der Waals surface area contributed by atoms with Crippen molar-refractivity contribution in [1.82, 2.24) is 20.4 Å². The SMILES string of the molecule is CCn1ncc2c(N3CCCC3=O)cc(C(=O)N[C@@H](Cc3ccccc3)[C@H](O)CNC(C)(C)c3cccc(OC)c3)cc21. The van der Waals surface area contributed by atoms with Crippen molar-refractivity contribution in [1.29, 1.82) is 0 Å². The molecule has 4 aromatic rings. The second-order valence-electron chi connectivity index (χ2n) is 11.6. The van der Waals surface area contributed by atoms with Crippen LogP contribution in [0, 0.1) is 0 Å². The standard InChI is InChI=1S/C34H41N5O4/c1-5-39-30-19-24(18-29(27(30)21-36-39)38-16-10-15-32(38)41)33(42)37-28(17-23-11-7-6-8-12-23)31(40)22-35-34(2,3)25-13-9-14-26(20-25)43-4/h6-9,11-14,18-21,28,31,35,40H,5,10,15-17,22H2,1-4H3,(H,37,42)/t28-,31+/m0/s1. The number of aromatic nitrogens is 2. The summed E-state index contributed by atoms with van der Waals surface area (Å²) in [6, 6.07) is 20.7. The van der Waals surface area contributed by atoms with Gasteiger partial charge < -0.3 is 25.4 Å². The van der Waals surface area contributed by atoms with Gasteiger partial charge in [-0.15, -0.1) is 0 Å². The van der Waals surface area contributed by atoms with E-state index >= 15 is 0 Å². The zero-order valence-corrected chi connectivity index (χ0v) is 25.3. The van der Waals surface area contributed by atoms with Crippen LogP contribution in [0.25, 0.3) is 10.9 Å². The molecule has 0 aliphatic carbocycles. The number of rotatable bonds is 12. The molecule has 0 spiro atoms. The van der Waals surface area contributed by atoms with Gasteiger partial charge in [0.05, 0.1) is 36.7 Å². The van der Waals surface area contributed by atoms with Crippen molar-refractivity contribution in [3.8, 4) is 5.75 Å². The van der Waals surface area contributed by atoms with Crippen molar-refractivity contribution in [3.63, 3.8) is 0 Å². The van der Waals surface area contributed by atoms with Gasteiger partial charge in [0.15, 0.2) is 0 Å². The quantitative estimate of drug-likeness (QED) is 0.228. The second kappa shape index (κ2) is 13.0. The molecule has 3 N–H and O–H groups in total. The van der Waals surface area contributed by atoms with Gasteiger partial charge >= 0.3 is 0 Å². The molecule has 0 unspecified atom stereocenters. The molecule has 1 aromatic heterocycles. The van der Waals surface area contributed by atoms with E-state index in [2.05, 4.69) is 15.7 Å². The van der Waals surface area contributed by atoms with E-state index in [-0.39, 0.29) is 18.4 Å². The number of aliphatic hydroxyl groups excluding tert-OH is 1. The maximum atomic E-state index is 13.9. The van der Waals surface area contributed by atoms with E-state index < -0.39 is 17.7 Å². The summed E-state index contributed by atoms with van der Waals surface area (Å²) in [6.07, 6.45) is 2.59. The first-order chi connectivity index (χ1) is 20.7. The molecular weight excluding hydrogens is 542 g/mol. The van der Waals surface area contributed by atoms with Crippen molar-refractivity contribution in [2.24, 2.45) is 0 Å². The molecule has 2 amide bonds. The predicted molar refractivity (Wildman–Crippen MR) is 168 cm³/mol. The number of ether oxygens (including phenoxy) is 1. The number of carbonyl (C=O) groups excluding carboxylic acids is 2. The van der Waals surface area contributed by atoms with Crippen LogP contribution in [-0.2, 0) is 23.3 Å². The first-order valence-corrected chi connectivity index (χ1v) is 14.9. The van der Waals surface area contributed by atoms with E-state index in [0.717, 1.165) is 34.2 Å². The number of anilines is 1. The fraction of sp³-hybridized carbons (Fsp3) is 0.382. The smallest absolute Gasteiger partial charge is 0.251 e. The number of methoxy groups -OCH3 is 1. The molecule has 1 fully saturated rings. The Bertz CT molecular complexity index is 1580. The third-order valence-corrected chi connectivity index (χ3v) is 8.29. The normalized spacial score (nSPS) is 15.1. The highest BCUT2D eigenvalue weighted by Crippen LogP contribution is 2.32. The maximum absolute atomic E-state index is 13.9. The summed E-state index contributed by atoms with van der Waals surface area (Å²) in [5, 5.41) is 23.4. The largest absolute Gasteiger partial charge is 0.497 e. The summed E-state index contributed by atoms with van der Waals surface area (Å²) in [7, 11) is 1.64. The molecule has 2 heterocycles. The third-order valence-electron chi connectivity index (χ3n) is 8.29. The van der Waals surface area contributed by atoms with Crippen LogP contribution in [0.1, 0.15) is 55.1 Å². The lowest BCUT2D eigenvalue weighted by Crippen LogP contribution is -2.51. The van der Waals surface area contributed by atoms with Crippen LogP contribution in [0.5, 0.6) is 5.75 Å². The van der Waals surface area contributed by atoms with Crippen molar-refractivity contribution >= 4 is 28.4 Å². The summed E-state index contributed by atoms with van der Waals surface area (Å²) in [5.74, 6) is 0.495. The predicted octanol–water partition coefficient (Wildman–Crippen LogP) is 4.42. The molecular formula is C34H41N5O4. The Balaban J connectivity index is 1.40. The van der Waals surface area contributed by atoms with E-state index in [4.69, 9.17) is 4.74 Å². The van der Waals surface area contributed by atoms with Gasteiger partial charge in [0, 0.05) is 42.5 Å². The molecule has 1 saturated heterocycles. The van der Waals surface area contributed by atoms with Gasteiger partial charge in [-0.2, -0.15) is 5.10 Å². The van der Waals surface area contributed by atoms with Gasteiger partial charge in [-0.25, -0.2) is 0 Å². The molecule has 0 radical (unpaired) electrons. The van der Waals surface area contributed by atoms with Crippen LogP contribution < -0.4 is 20.3 Å². The number of fused-ring (bicyclic) bond motifs is 1. The molecule has 5 rings (SSSR count). The summed E-state index contributed by atoms with van der Waals surface area (Å²) in [6.45, 7) is 7.58. The molecule has 1 aliphatic rings. The van der Waals surface area contributed by atoms with Gasteiger partial charge in [0.1, 0.15) is 5.75 Å². The number of hydrogen-bond donors (Lipinski definition) is 3. The molecule has 1 aliphatic heterocycles. The van der Waals surface area contributed by atoms with Gasteiger partial charge in [-0.05, 0) is 69.0 Å². The van der Waals surface area contributed by atoms with Crippen LogP contribution >= 0.6 is 0 Å². The highest BCUT2D eigenvalue weighted by molar-refractivity contribution is 6.08. The summed E-state index contributed by atoms with van der Waals surface area (Å²) < 4.78 is 7.23. The Morgan fingerprint density at radius 1 is 1.12 bits per heavy atom. The molecule has 0 bridgehead atoms. The highest BCUT2D eigenvalue weighted by atomic mass is 16.5. The van der Waals surface area contributed by atoms with E-state index in [0.29, 0.717) is 37.2 Å². The van der Waals surface area contributed by atoms with Gasteiger partial charge in [-0.3, -0.25) is 14.3 Å². The Morgan fingerprint density at radius 3 is 2.60 bits per heavy atom. The zero-order chi connectivity index (χ0) is 30.6. The lowest BCUT2D eigenvalue weighted by atomic mass is 9.93. The van der Waals surface area contributed by atoms with Crippen molar-refractivity contribution in [3.05, 3.63) is 89.6 Å². The Hall–Kier alpha value is -4.21. The van der Waals surface area contributed by atoms with Crippen LogP contribution in [0.15, 0.2) is 72.9 Å². The number of aliphatic hydroxyl groups is 1. The van der Waals surface area contributed by atoms with Crippen molar-refractivity contribution in [2.45, 2.75) is 64.3 Å². The number of benzene rings is 3. The third kappa shape index (κ3) is 6.73. The molecule has 9 heteroatoms. The average molecular weight is 584 g/mol. The number of nitrogens with zero attached hydrogens (tertiary/aromatic N) is 3. The number of hydrogen-bond acceptors (Lipinski definition) is 6. The summed E-state index contributed by atoms with van der Waals surface area (Å²) in [5.41, 5.74) is 3.48. The van der Waals surface area contributed by atoms with E-state index in [1.54, 1.807) is 24.3 Å². The van der Waals surface area contributed by atoms with Crippen molar-refractivity contribution in [2.75, 3.05) is 25.1 Å². The second-order valence-corrected chi connectivity index (χ2v) is 11.6. The van der Waals surface area contributed by atoms with Crippen LogP contribution in [0.2, 0.25) is 0 Å². The Kier molecular flexibility index (Phi) is 9.13. The van der Waals surface area contributed by atoms with Crippen molar-refractivity contribution < 1.29 is 19.4 Å². The lowest BCUT2D eigenvalue weighted by Gasteiger charge is -2.31. The van der Waals surface area contributed by atoms with E-state index in [1.165, 1.54) is 0 Å². The molecule has 226 valence electrons. The summed E-state index contributed by atoms with van der Waals surface area (Å²) >= 11 is 0. The van der Waals surface area contributed by atoms with Gasteiger partial charge in [0.2, 0.25) is 5.91 Å². The summed E-state index contributed by atoms with van der Waals surface area (Å²) in [4.78, 5) is 28.3. The molecule has 43 heavy (non-hydrogen) atoms. The first-order valence-electron chi connectivity index (χ1n) is 14.9. The number of carbonyl (C=O) groups is 2. The molecule has 3 aromatic carbocycles. The number of nitrogens with one attached hydrogen (secondary N) is 2. The number of amides is 2. The number of aryl methyl sites for hydroxylation is 1. The molecule has 9 nitrogen and oxygen atoms in total. The Morgan fingerprint density at radius 2 is 1.91 bits per heavy atom. The van der Waals surface area contributed by atoms with Crippen LogP contribution in [0.4, 0.5) is 5.69 Å². The monoisotopic (exact) mass is 583 g/mol. The molecule has 0 saturated carbocycles. The fourth-order valence-corrected chi connectivity index (χ4v) is 5.69. The molecule has 2 atom stereocenters. The van der Waals surface area contributed by atoms with Crippen LogP contribution in [0.3, 0.4) is 0 Å². The first kappa shape index (κ1) is 30.3. The minimum atomic E-state index is -0.890. The van der Waals surface area contributed by atoms with Gasteiger partial charge in [0.25, 0.3) is 5.91 Å². The average Bonchev–Trinajstić information content (AvgIpc) is 3.65. The fourth-order valence-electron chi connectivity index (χ4n) is 5.69. The maximum Gasteiger partial charge on any atom is 0.251 e. The van der Waals surface area contributed by atoms with Gasteiger partial charge in [-0.1, -0.05) is 42.5 Å². The topological polar surface area (TPSA) is 109 Å².